The van der Waals surface area contributed by atoms with Gasteiger partial charge in [0.2, 0.25) is 0 Å². The zero-order chi connectivity index (χ0) is 14.1. The fraction of sp³-hybridized carbons (Fsp3) is 0.200. The summed E-state index contributed by atoms with van der Waals surface area (Å²) >= 11 is 0. The Morgan fingerprint density at radius 2 is 1.85 bits per heavy atom. The van der Waals surface area contributed by atoms with Gasteiger partial charge in [0.1, 0.15) is 18.2 Å². The van der Waals surface area contributed by atoms with Crippen LogP contribution in [-0.4, -0.2) is 14.8 Å². The average Bonchev–Trinajstić information content (AvgIpc) is 2.79. The topological polar surface area (TPSA) is 66.0 Å². The lowest BCUT2D eigenvalue weighted by Crippen LogP contribution is -2.04. The monoisotopic (exact) mass is 268 g/mol. The van der Waals surface area contributed by atoms with Gasteiger partial charge in [-0.25, -0.2) is 0 Å². The van der Waals surface area contributed by atoms with Gasteiger partial charge in [-0.1, -0.05) is 24.3 Å². The van der Waals surface area contributed by atoms with E-state index in [4.69, 9.17) is 10.5 Å². The van der Waals surface area contributed by atoms with Crippen LogP contribution < -0.4 is 10.5 Å². The summed E-state index contributed by atoms with van der Waals surface area (Å²) in [5.41, 5.74) is 6.73. The Kier molecular flexibility index (Phi) is 3.02. The van der Waals surface area contributed by atoms with Crippen LogP contribution in [0.25, 0.3) is 10.8 Å². The van der Waals surface area contributed by atoms with Crippen molar-refractivity contribution < 1.29 is 4.74 Å². The summed E-state index contributed by atoms with van der Waals surface area (Å²) in [6, 6.07) is 11.7. The lowest BCUT2D eigenvalue weighted by Gasteiger charge is -2.10. The van der Waals surface area contributed by atoms with E-state index < -0.39 is 0 Å². The lowest BCUT2D eigenvalue weighted by molar-refractivity contribution is 0.294. The second-order valence-electron chi connectivity index (χ2n) is 4.71. The third-order valence-corrected chi connectivity index (χ3v) is 3.46. The maximum Gasteiger partial charge on any atom is 0.170 e. The summed E-state index contributed by atoms with van der Waals surface area (Å²) in [5.74, 6) is 2.46. The highest BCUT2D eigenvalue weighted by atomic mass is 16.5. The minimum Gasteiger partial charge on any atom is -0.485 e. The maximum absolute atomic E-state index is 5.98. The summed E-state index contributed by atoms with van der Waals surface area (Å²) in [4.78, 5) is 0. The number of nitrogen functional groups attached to an aromatic ring is 1. The molecule has 0 saturated carbocycles. The van der Waals surface area contributed by atoms with Crippen LogP contribution in [0.15, 0.2) is 36.4 Å². The first kappa shape index (κ1) is 12.5. The molecule has 1 heterocycles. The number of aromatic nitrogens is 3. The highest BCUT2D eigenvalue weighted by molar-refractivity contribution is 5.96. The molecule has 3 rings (SSSR count). The molecule has 5 nitrogen and oxygen atoms in total. The normalized spacial score (nSPS) is 10.9. The van der Waals surface area contributed by atoms with E-state index in [1.807, 2.05) is 54.9 Å². The highest BCUT2D eigenvalue weighted by Crippen LogP contribution is 2.30. The second kappa shape index (κ2) is 4.85. The molecule has 0 aliphatic heterocycles. The number of nitrogens with two attached hydrogens (primary N) is 1. The number of hydrogen-bond donors (Lipinski definition) is 1. The molecule has 0 radical (unpaired) electrons. The molecule has 0 unspecified atom stereocenters. The minimum absolute atomic E-state index is 0.380. The van der Waals surface area contributed by atoms with Crippen LogP contribution in [-0.2, 0) is 13.7 Å². The molecule has 0 bridgehead atoms. The largest absolute Gasteiger partial charge is 0.485 e. The minimum atomic E-state index is 0.380. The Hall–Kier alpha value is -2.56. The summed E-state index contributed by atoms with van der Waals surface area (Å²) in [5, 5.41) is 10.1. The van der Waals surface area contributed by atoms with E-state index in [1.165, 1.54) is 0 Å². The number of aryl methyl sites for hydroxylation is 1. The van der Waals surface area contributed by atoms with E-state index in [2.05, 4.69) is 10.2 Å². The molecule has 1 aromatic heterocycles. The predicted octanol–water partition coefficient (Wildman–Crippen LogP) is 2.44. The Morgan fingerprint density at radius 3 is 2.55 bits per heavy atom. The number of anilines is 1. The first-order valence-corrected chi connectivity index (χ1v) is 6.41. The molecular formula is C15H16N4O. The van der Waals surface area contributed by atoms with Gasteiger partial charge in [0.05, 0.1) is 0 Å². The molecular weight excluding hydrogens is 252 g/mol. The van der Waals surface area contributed by atoms with Crippen LogP contribution in [0, 0.1) is 6.92 Å². The number of hydrogen-bond acceptors (Lipinski definition) is 4. The van der Waals surface area contributed by atoms with Crippen molar-refractivity contribution in [1.82, 2.24) is 14.8 Å². The number of benzene rings is 2. The van der Waals surface area contributed by atoms with Crippen LogP contribution in [0.4, 0.5) is 5.69 Å². The third-order valence-electron chi connectivity index (χ3n) is 3.46. The van der Waals surface area contributed by atoms with Gasteiger partial charge in [0.15, 0.2) is 5.82 Å². The summed E-state index contributed by atoms with van der Waals surface area (Å²) in [7, 11) is 1.93. The fourth-order valence-electron chi connectivity index (χ4n) is 2.14. The van der Waals surface area contributed by atoms with E-state index in [0.717, 1.165) is 33.9 Å². The summed E-state index contributed by atoms with van der Waals surface area (Å²) in [6.45, 7) is 2.29. The first-order chi connectivity index (χ1) is 9.66. The average molecular weight is 268 g/mol. The molecule has 2 aromatic carbocycles. The molecule has 0 aliphatic rings. The molecule has 0 aliphatic carbocycles. The van der Waals surface area contributed by atoms with Crippen molar-refractivity contribution in [2.75, 3.05) is 5.73 Å². The fourth-order valence-corrected chi connectivity index (χ4v) is 2.14. The molecule has 102 valence electrons. The number of ether oxygens (including phenoxy) is 1. The van der Waals surface area contributed by atoms with Gasteiger partial charge in [-0.05, 0) is 19.1 Å². The Labute approximate surface area is 117 Å². The molecule has 0 amide bonds. The molecule has 0 atom stereocenters. The quantitative estimate of drug-likeness (QED) is 0.741. The van der Waals surface area contributed by atoms with E-state index >= 15 is 0 Å². The first-order valence-electron chi connectivity index (χ1n) is 6.41. The molecule has 5 heteroatoms. The van der Waals surface area contributed by atoms with Crippen LogP contribution in [0.1, 0.15) is 11.6 Å². The molecule has 0 fully saturated rings. The van der Waals surface area contributed by atoms with Crippen molar-refractivity contribution in [3.8, 4) is 5.75 Å². The van der Waals surface area contributed by atoms with Gasteiger partial charge in [-0.3, -0.25) is 0 Å². The molecule has 3 aromatic rings. The van der Waals surface area contributed by atoms with Crippen molar-refractivity contribution in [1.29, 1.82) is 0 Å². The standard InChI is InChI=1S/C15H16N4O/c1-10-17-18-15(19(10)2)9-20-14-8-7-13(16)11-5-3-4-6-12(11)14/h3-8H,9,16H2,1-2H3. The number of nitrogens with zero attached hydrogens (tertiary/aromatic N) is 3. The number of rotatable bonds is 3. The van der Waals surface area contributed by atoms with Gasteiger partial charge in [0, 0.05) is 23.5 Å². The van der Waals surface area contributed by atoms with Gasteiger partial charge in [-0.15, -0.1) is 10.2 Å². The van der Waals surface area contributed by atoms with Crippen LogP contribution in [0.5, 0.6) is 5.75 Å². The zero-order valence-corrected chi connectivity index (χ0v) is 11.5. The Balaban J connectivity index is 1.92. The summed E-state index contributed by atoms with van der Waals surface area (Å²) in [6.07, 6.45) is 0. The van der Waals surface area contributed by atoms with E-state index in [9.17, 15) is 0 Å². The maximum atomic E-state index is 5.98. The Bertz CT molecular complexity index is 764. The van der Waals surface area contributed by atoms with E-state index in [-0.39, 0.29) is 0 Å². The van der Waals surface area contributed by atoms with Crippen LogP contribution in [0.3, 0.4) is 0 Å². The van der Waals surface area contributed by atoms with Crippen LogP contribution >= 0.6 is 0 Å². The summed E-state index contributed by atoms with van der Waals surface area (Å²) < 4.78 is 7.79. The van der Waals surface area contributed by atoms with Gasteiger partial charge in [-0.2, -0.15) is 0 Å². The van der Waals surface area contributed by atoms with Crippen molar-refractivity contribution in [3.63, 3.8) is 0 Å². The smallest absolute Gasteiger partial charge is 0.170 e. The van der Waals surface area contributed by atoms with Gasteiger partial charge in [0.25, 0.3) is 0 Å². The zero-order valence-electron chi connectivity index (χ0n) is 11.5. The molecule has 20 heavy (non-hydrogen) atoms. The van der Waals surface area contributed by atoms with Gasteiger partial charge >= 0.3 is 0 Å². The third kappa shape index (κ3) is 2.07. The van der Waals surface area contributed by atoms with Gasteiger partial charge < -0.3 is 15.0 Å². The lowest BCUT2D eigenvalue weighted by atomic mass is 10.1. The Morgan fingerprint density at radius 1 is 1.10 bits per heavy atom. The molecule has 0 spiro atoms. The highest BCUT2D eigenvalue weighted by Gasteiger charge is 2.08. The second-order valence-corrected chi connectivity index (χ2v) is 4.71. The molecule has 2 N–H and O–H groups in total. The SMILES string of the molecule is Cc1nnc(COc2ccc(N)c3ccccc23)n1C. The van der Waals surface area contributed by atoms with Crippen LogP contribution in [0.2, 0.25) is 0 Å². The van der Waals surface area contributed by atoms with Crippen molar-refractivity contribution in [2.45, 2.75) is 13.5 Å². The number of fused-ring (bicyclic) bond motifs is 1. The van der Waals surface area contributed by atoms with Crippen molar-refractivity contribution in [2.24, 2.45) is 7.05 Å². The van der Waals surface area contributed by atoms with Crippen molar-refractivity contribution >= 4 is 16.5 Å². The van der Waals surface area contributed by atoms with Crippen molar-refractivity contribution in [3.05, 3.63) is 48.0 Å². The van der Waals surface area contributed by atoms with E-state index in [0.29, 0.717) is 6.61 Å². The molecule has 0 saturated heterocycles. The predicted molar refractivity (Wildman–Crippen MR) is 78.4 cm³/mol. The van der Waals surface area contributed by atoms with E-state index in [1.54, 1.807) is 0 Å².